The average Bonchev–Trinajstić information content (AvgIpc) is 4.09. The number of aromatic nitrogens is 6. The molecule has 5 atom stereocenters. The van der Waals surface area contributed by atoms with Crippen molar-refractivity contribution in [2.45, 2.75) is 94.3 Å². The zero-order chi connectivity index (χ0) is 45.8. The van der Waals surface area contributed by atoms with Crippen molar-refractivity contribution in [1.29, 1.82) is 0 Å². The van der Waals surface area contributed by atoms with E-state index in [-0.39, 0.29) is 72.2 Å². The van der Waals surface area contributed by atoms with E-state index in [1.165, 1.54) is 15.4 Å². The molecule has 66 heavy (non-hydrogen) atoms. The molecule has 8 heterocycles. The molecule has 4 aromatic rings. The molecule has 5 aliphatic heterocycles. The van der Waals surface area contributed by atoms with E-state index in [4.69, 9.17) is 15.2 Å². The Hall–Kier alpha value is -5.80. The number of imidazole rings is 1. The molecule has 3 amide bonds. The van der Waals surface area contributed by atoms with Crippen molar-refractivity contribution < 1.29 is 37.0 Å². The third-order valence-corrected chi connectivity index (χ3v) is 14.4. The average molecular weight is 917 g/mol. The van der Waals surface area contributed by atoms with Crippen molar-refractivity contribution in [3.05, 3.63) is 64.9 Å². The van der Waals surface area contributed by atoms with Crippen molar-refractivity contribution in [3.63, 3.8) is 0 Å². The molecule has 3 aromatic heterocycles. The van der Waals surface area contributed by atoms with Crippen LogP contribution in [0.5, 0.6) is 0 Å². The molecule has 5 saturated heterocycles. The minimum Gasteiger partial charge on any atom is -0.404 e. The fourth-order valence-electron chi connectivity index (χ4n) is 10.9. The fourth-order valence-corrected chi connectivity index (χ4v) is 10.9. The number of aryl methyl sites for hydroxylation is 1. The van der Waals surface area contributed by atoms with Crippen LogP contribution in [0.25, 0.3) is 16.6 Å². The monoisotopic (exact) mass is 916 g/mol. The van der Waals surface area contributed by atoms with Gasteiger partial charge < -0.3 is 30.3 Å². The molecular weight excluding hydrogens is 862 g/mol. The van der Waals surface area contributed by atoms with Crippen LogP contribution in [0.4, 0.5) is 30.4 Å². The van der Waals surface area contributed by atoms with Gasteiger partial charge in [0.2, 0.25) is 11.8 Å². The highest BCUT2D eigenvalue weighted by Gasteiger charge is 2.41. The highest BCUT2D eigenvalue weighted by molar-refractivity contribution is 6.24. The van der Waals surface area contributed by atoms with Crippen LogP contribution in [-0.4, -0.2) is 128 Å². The molecule has 1 aromatic carbocycles. The molecule has 6 fully saturated rings. The lowest BCUT2D eigenvalue weighted by Crippen LogP contribution is -2.51. The number of rotatable bonds is 13. The number of imide groups is 1. The Morgan fingerprint density at radius 1 is 1.05 bits per heavy atom. The molecule has 1 saturated carbocycles. The first kappa shape index (κ1) is 44.1. The van der Waals surface area contributed by atoms with Gasteiger partial charge >= 0.3 is 5.69 Å². The van der Waals surface area contributed by atoms with Gasteiger partial charge in [-0.05, 0) is 69.1 Å². The fraction of sp³-hybridized carbons (Fsp3) is 0.578. The Morgan fingerprint density at radius 3 is 2.58 bits per heavy atom. The number of nitrogens with zero attached hydrogens (tertiary/aromatic N) is 9. The maximum Gasteiger partial charge on any atom is 0.329 e. The number of para-hydroxylation sites is 1. The quantitative estimate of drug-likeness (QED) is 0.130. The van der Waals surface area contributed by atoms with Crippen molar-refractivity contribution in [3.8, 4) is 0 Å². The van der Waals surface area contributed by atoms with Gasteiger partial charge in [0.05, 0.1) is 65.5 Å². The number of benzene rings is 1. The third kappa shape index (κ3) is 8.44. The Labute approximate surface area is 378 Å². The molecule has 0 spiro atoms. The summed E-state index contributed by atoms with van der Waals surface area (Å²) in [5.41, 5.74) is 7.12. The molecule has 1 aliphatic carbocycles. The van der Waals surface area contributed by atoms with Crippen molar-refractivity contribution in [2.75, 3.05) is 67.6 Å². The summed E-state index contributed by atoms with van der Waals surface area (Å²) in [5, 5.41) is 9.17. The Kier molecular flexibility index (Phi) is 12.1. The number of hydrogen-bond donors (Lipinski definition) is 3. The van der Waals surface area contributed by atoms with Crippen LogP contribution < -0.4 is 31.9 Å². The van der Waals surface area contributed by atoms with E-state index in [1.54, 1.807) is 23.9 Å². The summed E-state index contributed by atoms with van der Waals surface area (Å²) in [6, 6.07) is 6.70. The Morgan fingerprint density at radius 2 is 1.86 bits per heavy atom. The summed E-state index contributed by atoms with van der Waals surface area (Å²) in [5.74, 6) is -0.294. The van der Waals surface area contributed by atoms with Gasteiger partial charge in [-0.1, -0.05) is 6.07 Å². The van der Waals surface area contributed by atoms with Crippen LogP contribution in [0, 0.1) is 11.8 Å². The zero-order valence-corrected chi connectivity index (χ0v) is 36.7. The summed E-state index contributed by atoms with van der Waals surface area (Å²) in [6.07, 6.45) is 4.64. The molecule has 10 rings (SSSR count). The number of morpholine rings is 1. The van der Waals surface area contributed by atoms with E-state index in [9.17, 15) is 28.0 Å². The zero-order valence-electron chi connectivity index (χ0n) is 36.7. The number of anilines is 3. The van der Waals surface area contributed by atoms with Gasteiger partial charge in [0.1, 0.15) is 18.0 Å². The van der Waals surface area contributed by atoms with E-state index in [1.807, 2.05) is 18.2 Å². The lowest BCUT2D eigenvalue weighted by atomic mass is 9.85. The number of nitrogens with two attached hydrogens (primary N) is 1. The van der Waals surface area contributed by atoms with Crippen LogP contribution in [0.3, 0.4) is 0 Å². The van der Waals surface area contributed by atoms with Crippen LogP contribution in [0.2, 0.25) is 0 Å². The first-order valence-electron chi connectivity index (χ1n) is 23.0. The standard InChI is InChI=1S/C45H55F3N12O6/c1-55-40-33(3-2-4-34(40)60(45(55)64)35-9-10-38(61)53-44(35)63)57-18-26(19-57)23-66-36-12-14-56(21-31(36)46)17-25-5-7-27(8-6-25)59-22-32(39(54-59)41(47)48)51-43(62)30(16-49)42-50-13-11-37(52-42)58-20-29-15-28(58)24-65-29/h2-4,11,13,16,22,25-29,31,35-36,41H,5-10,12,14-15,17-21,23-24,49H2,1H3,(H,51,62)(H,53,61,63)/b30-16+/t25?,27?,28?,29-,31-,35?,36+/m1/s1. The summed E-state index contributed by atoms with van der Waals surface area (Å²) >= 11 is 0. The smallest absolute Gasteiger partial charge is 0.329 e. The molecule has 6 aliphatic rings. The number of carbonyl (C=O) groups excluding carboxylic acids is 3. The van der Waals surface area contributed by atoms with E-state index < -0.39 is 42.3 Å². The van der Waals surface area contributed by atoms with Crippen LogP contribution in [0.1, 0.15) is 81.4 Å². The van der Waals surface area contributed by atoms with Crippen LogP contribution in [0.15, 0.2) is 47.7 Å². The number of halogens is 3. The maximum absolute atomic E-state index is 15.6. The molecule has 18 nitrogen and oxygen atoms in total. The molecule has 4 N–H and O–H groups in total. The van der Waals surface area contributed by atoms with Gasteiger partial charge in [-0.3, -0.25) is 38.4 Å². The number of amides is 3. The second kappa shape index (κ2) is 18.1. The number of piperidine rings is 2. The highest BCUT2D eigenvalue weighted by Crippen LogP contribution is 2.38. The summed E-state index contributed by atoms with van der Waals surface area (Å²) in [7, 11) is 1.69. The molecule has 21 heteroatoms. The van der Waals surface area contributed by atoms with Crippen molar-refractivity contribution in [2.24, 2.45) is 24.6 Å². The molecule has 0 radical (unpaired) electrons. The van der Waals surface area contributed by atoms with Crippen molar-refractivity contribution in [1.82, 2.24) is 39.1 Å². The van der Waals surface area contributed by atoms with Gasteiger partial charge in [-0.2, -0.15) is 5.10 Å². The molecule has 352 valence electrons. The number of alkyl halides is 3. The lowest BCUT2D eigenvalue weighted by Gasteiger charge is -2.43. The van der Waals surface area contributed by atoms with Crippen LogP contribution in [-0.2, 0) is 30.9 Å². The third-order valence-electron chi connectivity index (χ3n) is 14.4. The van der Waals surface area contributed by atoms with Crippen LogP contribution >= 0.6 is 0 Å². The van der Waals surface area contributed by atoms with Gasteiger partial charge in [0.15, 0.2) is 11.5 Å². The van der Waals surface area contributed by atoms with Crippen molar-refractivity contribution >= 4 is 51.5 Å². The maximum atomic E-state index is 15.6. The van der Waals surface area contributed by atoms with Gasteiger partial charge in [0, 0.05) is 77.2 Å². The second-order valence-corrected chi connectivity index (χ2v) is 18.7. The largest absolute Gasteiger partial charge is 0.404 e. The summed E-state index contributed by atoms with van der Waals surface area (Å²) in [6.45, 7) is 4.81. The Bertz CT molecular complexity index is 2580. The van der Waals surface area contributed by atoms with Gasteiger partial charge in [0.25, 0.3) is 12.3 Å². The molecule has 2 bridgehead atoms. The second-order valence-electron chi connectivity index (χ2n) is 18.7. The van der Waals surface area contributed by atoms with E-state index in [0.29, 0.717) is 75.9 Å². The van der Waals surface area contributed by atoms with E-state index >= 15 is 4.39 Å². The SMILES string of the molecule is Cn1c(=O)n(C2CCC(=O)NC2=O)c2cccc(N3CC(CO[C@H]4CCN(CC5CCC(n6cc(NC(=O)/C(=C/N)c7nccc(N8C[C@H]9CC8CO9)n7)c(C(F)F)n6)CC5)C[C@H]4F)C3)c21. The van der Waals surface area contributed by atoms with Gasteiger partial charge in [-0.25, -0.2) is 27.9 Å². The highest BCUT2D eigenvalue weighted by atomic mass is 19.3. The number of likely N-dealkylation sites (tertiary alicyclic amines) is 1. The normalized spacial score (nSPS) is 27.5. The molecule has 2 unspecified atom stereocenters. The topological polar surface area (TPSA) is 200 Å². The minimum atomic E-state index is -2.92. The number of ether oxygens (including phenoxy) is 2. The number of nitrogens with one attached hydrogen (secondary N) is 2. The van der Waals surface area contributed by atoms with Gasteiger partial charge in [-0.15, -0.1) is 0 Å². The van der Waals surface area contributed by atoms with E-state index in [0.717, 1.165) is 43.2 Å². The predicted octanol–water partition coefficient (Wildman–Crippen LogP) is 3.45. The van der Waals surface area contributed by atoms with E-state index in [2.05, 4.69) is 40.4 Å². The number of hydrogen-bond acceptors (Lipinski definition) is 13. The lowest BCUT2D eigenvalue weighted by molar-refractivity contribution is -0.135. The minimum absolute atomic E-state index is 0.0500. The summed E-state index contributed by atoms with van der Waals surface area (Å²) < 4.78 is 60.6. The number of carbonyl (C=O) groups is 3. The first-order chi connectivity index (χ1) is 31.9. The summed E-state index contributed by atoms with van der Waals surface area (Å²) in [4.78, 5) is 66.5. The first-order valence-corrected chi connectivity index (χ1v) is 23.0. The Balaban J connectivity index is 0.681. The number of fused-ring (bicyclic) bond motifs is 3. The predicted molar refractivity (Wildman–Crippen MR) is 236 cm³/mol. The molecular formula is C45H55F3N12O6.